The summed E-state index contributed by atoms with van der Waals surface area (Å²) in [5.74, 6) is 0.246. The number of amides is 1. The van der Waals surface area contributed by atoms with Crippen molar-refractivity contribution < 1.29 is 9.90 Å². The van der Waals surface area contributed by atoms with E-state index in [-0.39, 0.29) is 5.75 Å². The maximum atomic E-state index is 10.1. The Kier molecular flexibility index (Phi) is 3.16. The number of aromatic nitrogens is 1. The summed E-state index contributed by atoms with van der Waals surface area (Å²) in [5.41, 5.74) is 1.01. The molecule has 0 saturated carbocycles. The van der Waals surface area contributed by atoms with Gasteiger partial charge in [-0.05, 0) is 29.8 Å². The van der Waals surface area contributed by atoms with Crippen molar-refractivity contribution in [2.24, 2.45) is 0 Å². The highest BCUT2D eigenvalue weighted by Gasteiger charge is 2.03. The van der Waals surface area contributed by atoms with Crippen LogP contribution in [0.15, 0.2) is 30.5 Å². The van der Waals surface area contributed by atoms with Crippen molar-refractivity contribution in [3.63, 3.8) is 0 Å². The molecule has 2 aromatic rings. The number of hydrogen-bond donors (Lipinski definition) is 2. The molecule has 1 aromatic carbocycles. The molecule has 0 fully saturated rings. The van der Waals surface area contributed by atoms with E-state index in [0.717, 1.165) is 15.4 Å². The molecule has 2 rings (SSSR count). The van der Waals surface area contributed by atoms with Gasteiger partial charge in [0.1, 0.15) is 10.8 Å². The highest BCUT2D eigenvalue weighted by molar-refractivity contribution is 7.15. The second-order valence-electron chi connectivity index (χ2n) is 3.16. The van der Waals surface area contributed by atoms with Crippen LogP contribution in [0.5, 0.6) is 5.75 Å². The fourth-order valence-corrected chi connectivity index (χ4v) is 2.15. The van der Waals surface area contributed by atoms with E-state index in [1.54, 1.807) is 18.3 Å². The van der Waals surface area contributed by atoms with Gasteiger partial charge in [0.25, 0.3) is 0 Å². The summed E-state index contributed by atoms with van der Waals surface area (Å²) in [6.07, 6.45) is 2.42. The Morgan fingerprint density at radius 3 is 2.81 bits per heavy atom. The third-order valence-electron chi connectivity index (χ3n) is 2.04. The molecule has 0 bridgehead atoms. The lowest BCUT2D eigenvalue weighted by Crippen LogP contribution is -2.08. The van der Waals surface area contributed by atoms with E-state index in [9.17, 15) is 4.79 Å². The zero-order valence-electron chi connectivity index (χ0n) is 8.38. The molecule has 82 valence electrons. The highest BCUT2D eigenvalue weighted by Crippen LogP contribution is 2.27. The van der Waals surface area contributed by atoms with Gasteiger partial charge >= 0.3 is 0 Å². The largest absolute Gasteiger partial charge is 0.508 e. The Morgan fingerprint density at radius 1 is 1.38 bits per heavy atom. The lowest BCUT2D eigenvalue weighted by atomic mass is 10.2. The first-order valence-corrected chi connectivity index (χ1v) is 5.52. The lowest BCUT2D eigenvalue weighted by molar-refractivity contribution is -0.109. The number of phenols is 1. The van der Waals surface area contributed by atoms with Crippen molar-refractivity contribution in [2.45, 2.75) is 6.54 Å². The van der Waals surface area contributed by atoms with Crippen molar-refractivity contribution in [3.8, 4) is 16.2 Å². The second kappa shape index (κ2) is 4.76. The summed E-state index contributed by atoms with van der Waals surface area (Å²) in [7, 11) is 0. The topological polar surface area (TPSA) is 62.2 Å². The normalized spacial score (nSPS) is 10.0. The number of thiazole rings is 1. The van der Waals surface area contributed by atoms with Crippen LogP contribution in [-0.4, -0.2) is 16.5 Å². The van der Waals surface area contributed by atoms with Gasteiger partial charge in [0.05, 0.1) is 11.4 Å². The van der Waals surface area contributed by atoms with Gasteiger partial charge in [0.2, 0.25) is 6.41 Å². The molecule has 0 aliphatic carbocycles. The number of aromatic hydroxyl groups is 1. The van der Waals surface area contributed by atoms with Crippen LogP contribution in [-0.2, 0) is 11.3 Å². The molecule has 2 N–H and O–H groups in total. The van der Waals surface area contributed by atoms with Gasteiger partial charge in [0.15, 0.2) is 0 Å². The number of hydrogen-bond acceptors (Lipinski definition) is 4. The van der Waals surface area contributed by atoms with Gasteiger partial charge in [-0.1, -0.05) is 0 Å². The molecule has 5 heteroatoms. The molecule has 0 radical (unpaired) electrons. The second-order valence-corrected chi connectivity index (χ2v) is 4.28. The van der Waals surface area contributed by atoms with Crippen LogP contribution >= 0.6 is 11.3 Å². The molecular formula is C11H10N2O2S. The Labute approximate surface area is 96.6 Å². The van der Waals surface area contributed by atoms with E-state index in [2.05, 4.69) is 10.3 Å². The van der Waals surface area contributed by atoms with E-state index < -0.39 is 0 Å². The molecule has 1 amide bonds. The predicted octanol–water partition coefficient (Wildman–Crippen LogP) is 1.76. The third-order valence-corrected chi connectivity index (χ3v) is 3.09. The Hall–Kier alpha value is -1.88. The number of nitrogens with one attached hydrogen (secondary N) is 1. The molecule has 0 atom stereocenters. The summed E-state index contributed by atoms with van der Waals surface area (Å²) < 4.78 is 0. The molecule has 0 spiro atoms. The van der Waals surface area contributed by atoms with E-state index in [0.29, 0.717) is 13.0 Å². The van der Waals surface area contributed by atoms with E-state index in [1.807, 2.05) is 12.1 Å². The standard InChI is InChI=1S/C11H10N2O2S/c14-7-12-6-11-13-5-10(16-11)8-1-3-9(15)4-2-8/h1-5,7,15H,6H2,(H,12,14). The van der Waals surface area contributed by atoms with E-state index >= 15 is 0 Å². The number of benzene rings is 1. The monoisotopic (exact) mass is 234 g/mol. The van der Waals surface area contributed by atoms with Crippen LogP contribution in [0.25, 0.3) is 10.4 Å². The molecule has 1 heterocycles. The van der Waals surface area contributed by atoms with Crippen LogP contribution in [0.3, 0.4) is 0 Å². The van der Waals surface area contributed by atoms with Crippen molar-refractivity contribution >= 4 is 17.7 Å². The van der Waals surface area contributed by atoms with Gasteiger partial charge in [-0.2, -0.15) is 0 Å². The molecule has 1 aromatic heterocycles. The van der Waals surface area contributed by atoms with Crippen LogP contribution < -0.4 is 5.32 Å². The lowest BCUT2D eigenvalue weighted by Gasteiger charge is -1.96. The summed E-state index contributed by atoms with van der Waals surface area (Å²) in [6.45, 7) is 0.451. The van der Waals surface area contributed by atoms with Crippen LogP contribution in [0, 0.1) is 0 Å². The molecule has 0 aliphatic heterocycles. The molecule has 0 aliphatic rings. The average molecular weight is 234 g/mol. The van der Waals surface area contributed by atoms with Crippen molar-refractivity contribution in [2.75, 3.05) is 0 Å². The molecule has 4 nitrogen and oxygen atoms in total. The van der Waals surface area contributed by atoms with Crippen molar-refractivity contribution in [1.29, 1.82) is 0 Å². The van der Waals surface area contributed by atoms with Crippen LogP contribution in [0.2, 0.25) is 0 Å². The maximum Gasteiger partial charge on any atom is 0.207 e. The summed E-state index contributed by atoms with van der Waals surface area (Å²) in [6, 6.07) is 6.94. The highest BCUT2D eigenvalue weighted by atomic mass is 32.1. The average Bonchev–Trinajstić information content (AvgIpc) is 2.76. The smallest absolute Gasteiger partial charge is 0.207 e. The van der Waals surface area contributed by atoms with Crippen LogP contribution in [0.4, 0.5) is 0 Å². The first kappa shape index (κ1) is 10.6. The zero-order chi connectivity index (χ0) is 11.4. The summed E-state index contributed by atoms with van der Waals surface area (Å²) in [5, 5.41) is 12.6. The van der Waals surface area contributed by atoms with Gasteiger partial charge in [0, 0.05) is 6.20 Å². The molecular weight excluding hydrogens is 224 g/mol. The number of carbonyl (C=O) groups excluding carboxylic acids is 1. The van der Waals surface area contributed by atoms with Crippen LogP contribution in [0.1, 0.15) is 5.01 Å². The van der Waals surface area contributed by atoms with Gasteiger partial charge in [-0.3, -0.25) is 4.79 Å². The number of rotatable bonds is 4. The maximum absolute atomic E-state index is 10.1. The molecule has 0 unspecified atom stereocenters. The fourth-order valence-electron chi connectivity index (χ4n) is 1.28. The predicted molar refractivity (Wildman–Crippen MR) is 62.1 cm³/mol. The molecule has 0 saturated heterocycles. The first-order valence-electron chi connectivity index (χ1n) is 4.71. The first-order chi connectivity index (χ1) is 7.79. The minimum Gasteiger partial charge on any atom is -0.508 e. The Morgan fingerprint density at radius 2 is 2.12 bits per heavy atom. The number of phenolic OH excluding ortho intramolecular Hbond substituents is 1. The fraction of sp³-hybridized carbons (Fsp3) is 0.0909. The zero-order valence-corrected chi connectivity index (χ0v) is 9.20. The number of carbonyl (C=O) groups is 1. The van der Waals surface area contributed by atoms with E-state index in [1.165, 1.54) is 11.3 Å². The van der Waals surface area contributed by atoms with E-state index in [4.69, 9.17) is 5.11 Å². The molecule has 16 heavy (non-hydrogen) atoms. The minimum atomic E-state index is 0.246. The minimum absolute atomic E-state index is 0.246. The summed E-state index contributed by atoms with van der Waals surface area (Å²) >= 11 is 1.52. The van der Waals surface area contributed by atoms with Gasteiger partial charge in [-0.15, -0.1) is 11.3 Å². The van der Waals surface area contributed by atoms with Crippen molar-refractivity contribution in [3.05, 3.63) is 35.5 Å². The number of nitrogens with zero attached hydrogens (tertiary/aromatic N) is 1. The van der Waals surface area contributed by atoms with Gasteiger partial charge in [-0.25, -0.2) is 4.98 Å². The SMILES string of the molecule is O=CNCc1ncc(-c2ccc(O)cc2)s1. The van der Waals surface area contributed by atoms with Gasteiger partial charge < -0.3 is 10.4 Å². The Bertz CT molecular complexity index is 479. The summed E-state index contributed by atoms with van der Waals surface area (Å²) in [4.78, 5) is 15.3. The third kappa shape index (κ3) is 2.38. The Balaban J connectivity index is 2.17. The quantitative estimate of drug-likeness (QED) is 0.792. The van der Waals surface area contributed by atoms with Crippen molar-refractivity contribution in [1.82, 2.24) is 10.3 Å².